The van der Waals surface area contributed by atoms with Crippen LogP contribution in [0.5, 0.6) is 0 Å². The van der Waals surface area contributed by atoms with Crippen LogP contribution >= 0.6 is 23.2 Å². The Bertz CT molecular complexity index is 409. The molecule has 0 aliphatic heterocycles. The zero-order chi connectivity index (χ0) is 13.2. The summed E-state index contributed by atoms with van der Waals surface area (Å²) in [7, 11) is 0. The normalized spacial score (nSPS) is 28.3. The molecule has 0 amide bonds. The maximum Gasteiger partial charge on any atom is 0.0688 e. The molecule has 1 nitrogen and oxygen atoms in total. The first-order valence-corrected chi connectivity index (χ1v) is 7.44. The largest absolute Gasteiger partial charge is 0.390 e. The zero-order valence-electron chi connectivity index (χ0n) is 10.8. The summed E-state index contributed by atoms with van der Waals surface area (Å²) >= 11 is 12.1. The van der Waals surface area contributed by atoms with Gasteiger partial charge in [0.05, 0.1) is 5.60 Å². The number of benzene rings is 1. The Labute approximate surface area is 119 Å². The molecular formula is C15H20Cl2O. The van der Waals surface area contributed by atoms with Crippen LogP contribution in [0, 0.1) is 5.92 Å². The van der Waals surface area contributed by atoms with Crippen LogP contribution < -0.4 is 0 Å². The van der Waals surface area contributed by atoms with E-state index < -0.39 is 5.60 Å². The molecule has 0 spiro atoms. The van der Waals surface area contributed by atoms with Gasteiger partial charge in [0.1, 0.15) is 0 Å². The van der Waals surface area contributed by atoms with Gasteiger partial charge in [-0.3, -0.25) is 0 Å². The number of rotatable bonds is 3. The molecule has 2 rings (SSSR count). The molecule has 0 atom stereocenters. The lowest BCUT2D eigenvalue weighted by Gasteiger charge is -2.36. The van der Waals surface area contributed by atoms with Crippen molar-refractivity contribution < 1.29 is 5.11 Å². The lowest BCUT2D eigenvalue weighted by Crippen LogP contribution is -2.36. The summed E-state index contributed by atoms with van der Waals surface area (Å²) in [5.74, 6) is 0.783. The summed E-state index contributed by atoms with van der Waals surface area (Å²) in [6.45, 7) is 2.23. The Morgan fingerprint density at radius 2 is 1.94 bits per heavy atom. The van der Waals surface area contributed by atoms with Crippen LogP contribution in [-0.4, -0.2) is 10.7 Å². The van der Waals surface area contributed by atoms with Crippen molar-refractivity contribution in [1.82, 2.24) is 0 Å². The maximum absolute atomic E-state index is 10.6. The fourth-order valence-corrected chi connectivity index (χ4v) is 3.29. The van der Waals surface area contributed by atoms with E-state index in [1.165, 1.54) is 6.42 Å². The van der Waals surface area contributed by atoms with Gasteiger partial charge in [0.25, 0.3) is 0 Å². The number of hydrogen-bond acceptors (Lipinski definition) is 1. The van der Waals surface area contributed by atoms with Crippen LogP contribution in [0.3, 0.4) is 0 Å². The average Bonchev–Trinajstić information content (AvgIpc) is 2.34. The predicted molar refractivity (Wildman–Crippen MR) is 77.4 cm³/mol. The van der Waals surface area contributed by atoms with E-state index in [9.17, 15) is 5.11 Å². The van der Waals surface area contributed by atoms with Crippen molar-refractivity contribution in [3.8, 4) is 0 Å². The second-order valence-electron chi connectivity index (χ2n) is 5.49. The second kappa shape index (κ2) is 5.81. The molecule has 1 saturated carbocycles. The highest BCUT2D eigenvalue weighted by atomic mass is 35.5. The molecule has 0 radical (unpaired) electrons. The molecule has 0 bridgehead atoms. The van der Waals surface area contributed by atoms with Crippen molar-refractivity contribution in [1.29, 1.82) is 0 Å². The monoisotopic (exact) mass is 286 g/mol. The molecule has 18 heavy (non-hydrogen) atoms. The molecule has 1 aliphatic rings. The van der Waals surface area contributed by atoms with E-state index in [4.69, 9.17) is 23.2 Å². The van der Waals surface area contributed by atoms with Gasteiger partial charge in [-0.25, -0.2) is 0 Å². The molecule has 1 aromatic carbocycles. The van der Waals surface area contributed by atoms with Crippen molar-refractivity contribution in [2.24, 2.45) is 5.92 Å². The van der Waals surface area contributed by atoms with Crippen molar-refractivity contribution in [3.63, 3.8) is 0 Å². The van der Waals surface area contributed by atoms with Crippen molar-refractivity contribution in [2.75, 3.05) is 0 Å². The first-order valence-electron chi connectivity index (χ1n) is 6.69. The maximum atomic E-state index is 10.6. The smallest absolute Gasteiger partial charge is 0.0688 e. The van der Waals surface area contributed by atoms with Crippen LogP contribution in [0.25, 0.3) is 0 Å². The second-order valence-corrected chi connectivity index (χ2v) is 6.33. The molecule has 100 valence electrons. The van der Waals surface area contributed by atoms with E-state index in [1.807, 2.05) is 12.1 Å². The van der Waals surface area contributed by atoms with Crippen molar-refractivity contribution in [2.45, 2.75) is 51.0 Å². The predicted octanol–water partition coefficient (Wildman–Crippen LogP) is 4.87. The Kier molecular flexibility index (Phi) is 4.58. The molecule has 0 saturated heterocycles. The van der Waals surface area contributed by atoms with Crippen LogP contribution in [0.4, 0.5) is 0 Å². The van der Waals surface area contributed by atoms with Crippen LogP contribution in [0.2, 0.25) is 10.0 Å². The van der Waals surface area contributed by atoms with Gasteiger partial charge in [-0.05, 0) is 49.3 Å². The van der Waals surface area contributed by atoms with Crippen LogP contribution in [0.15, 0.2) is 18.2 Å². The van der Waals surface area contributed by atoms with Crippen LogP contribution in [-0.2, 0) is 6.42 Å². The third kappa shape index (κ3) is 3.40. The van der Waals surface area contributed by atoms with Gasteiger partial charge in [0, 0.05) is 16.5 Å². The summed E-state index contributed by atoms with van der Waals surface area (Å²) in [5, 5.41) is 11.9. The van der Waals surface area contributed by atoms with E-state index in [1.54, 1.807) is 6.07 Å². The topological polar surface area (TPSA) is 20.2 Å². The zero-order valence-corrected chi connectivity index (χ0v) is 12.3. The lowest BCUT2D eigenvalue weighted by atomic mass is 9.75. The highest BCUT2D eigenvalue weighted by Crippen LogP contribution is 2.37. The van der Waals surface area contributed by atoms with Gasteiger partial charge < -0.3 is 5.11 Å². The summed E-state index contributed by atoms with van der Waals surface area (Å²) in [5.41, 5.74) is 0.418. The van der Waals surface area contributed by atoms with Gasteiger partial charge in [0.2, 0.25) is 0 Å². The first kappa shape index (κ1) is 14.2. The third-order valence-electron chi connectivity index (χ3n) is 4.15. The van der Waals surface area contributed by atoms with E-state index in [-0.39, 0.29) is 0 Å². The van der Waals surface area contributed by atoms with E-state index in [0.29, 0.717) is 16.5 Å². The molecule has 1 N–H and O–H groups in total. The highest BCUT2D eigenvalue weighted by Gasteiger charge is 2.33. The van der Waals surface area contributed by atoms with Gasteiger partial charge >= 0.3 is 0 Å². The van der Waals surface area contributed by atoms with Crippen molar-refractivity contribution >= 4 is 23.2 Å². The third-order valence-corrected chi connectivity index (χ3v) is 4.73. The Balaban J connectivity index is 2.04. The molecular weight excluding hydrogens is 267 g/mol. The molecule has 1 aliphatic carbocycles. The van der Waals surface area contributed by atoms with Crippen LogP contribution in [0.1, 0.15) is 44.6 Å². The van der Waals surface area contributed by atoms with Gasteiger partial charge in [-0.15, -0.1) is 0 Å². The molecule has 1 fully saturated rings. The summed E-state index contributed by atoms with van der Waals surface area (Å²) in [6, 6.07) is 5.51. The fraction of sp³-hybridized carbons (Fsp3) is 0.600. The Morgan fingerprint density at radius 3 is 2.50 bits per heavy atom. The number of aliphatic hydroxyl groups is 1. The SMILES string of the molecule is CCC1CCC(O)(Cc2ccc(Cl)cc2Cl)CC1. The van der Waals surface area contributed by atoms with Gasteiger partial charge in [0.15, 0.2) is 0 Å². The molecule has 0 unspecified atom stereocenters. The minimum absolute atomic E-state index is 0.580. The minimum atomic E-state index is -0.580. The van der Waals surface area contributed by atoms with E-state index >= 15 is 0 Å². The van der Waals surface area contributed by atoms with Gasteiger partial charge in [-0.1, -0.05) is 42.6 Å². The standard InChI is InChI=1S/C15H20Cl2O/c1-2-11-5-7-15(18,8-6-11)10-12-3-4-13(16)9-14(12)17/h3-4,9,11,18H,2,5-8,10H2,1H3. The number of hydrogen-bond donors (Lipinski definition) is 1. The first-order chi connectivity index (χ1) is 8.52. The quantitative estimate of drug-likeness (QED) is 0.841. The van der Waals surface area contributed by atoms with E-state index in [0.717, 1.165) is 37.2 Å². The summed E-state index contributed by atoms with van der Waals surface area (Å²) < 4.78 is 0. The molecule has 1 aromatic rings. The van der Waals surface area contributed by atoms with Gasteiger partial charge in [-0.2, -0.15) is 0 Å². The fourth-order valence-electron chi connectivity index (χ4n) is 2.82. The summed E-state index contributed by atoms with van der Waals surface area (Å²) in [6.07, 6.45) is 5.86. The molecule has 0 heterocycles. The lowest BCUT2D eigenvalue weighted by molar-refractivity contribution is -0.00920. The molecule has 0 aromatic heterocycles. The summed E-state index contributed by atoms with van der Waals surface area (Å²) in [4.78, 5) is 0. The Morgan fingerprint density at radius 1 is 1.28 bits per heavy atom. The average molecular weight is 287 g/mol. The Hall–Kier alpha value is -0.240. The van der Waals surface area contributed by atoms with E-state index in [2.05, 4.69) is 6.92 Å². The minimum Gasteiger partial charge on any atom is -0.390 e. The molecule has 3 heteroatoms. The highest BCUT2D eigenvalue weighted by molar-refractivity contribution is 6.35. The van der Waals surface area contributed by atoms with Crippen molar-refractivity contribution in [3.05, 3.63) is 33.8 Å². The number of halogens is 2.